The maximum atomic E-state index is 12.8. The van der Waals surface area contributed by atoms with Crippen LogP contribution in [0, 0.1) is 20.8 Å². The van der Waals surface area contributed by atoms with E-state index in [0.717, 1.165) is 5.56 Å². The molecule has 0 aliphatic carbocycles. The number of amides is 1. The quantitative estimate of drug-likeness (QED) is 0.881. The number of carbonyl (C=O) groups excluding carboxylic acids is 1. The summed E-state index contributed by atoms with van der Waals surface area (Å²) in [5.74, 6) is 0.246. The molecule has 1 atom stereocenters. The molecule has 1 aliphatic rings. The van der Waals surface area contributed by atoms with Gasteiger partial charge < -0.3 is 10.1 Å². The molecule has 0 saturated carbocycles. The van der Waals surface area contributed by atoms with Gasteiger partial charge in [-0.15, -0.1) is 0 Å². The van der Waals surface area contributed by atoms with Crippen LogP contribution in [0.4, 0.5) is 11.4 Å². The lowest BCUT2D eigenvalue weighted by Gasteiger charge is -2.24. The molecule has 132 valence electrons. The van der Waals surface area contributed by atoms with Crippen molar-refractivity contribution in [1.29, 1.82) is 0 Å². The van der Waals surface area contributed by atoms with Gasteiger partial charge >= 0.3 is 0 Å². The van der Waals surface area contributed by atoms with Crippen molar-refractivity contribution in [2.75, 3.05) is 10.0 Å². The molecule has 2 aromatic rings. The number of rotatable bonds is 3. The predicted molar refractivity (Wildman–Crippen MR) is 96.6 cm³/mol. The maximum Gasteiger partial charge on any atom is 0.265 e. The van der Waals surface area contributed by atoms with E-state index in [1.165, 1.54) is 0 Å². The normalized spacial score (nSPS) is 16.6. The summed E-state index contributed by atoms with van der Waals surface area (Å²) in [6, 6.07) is 8.47. The van der Waals surface area contributed by atoms with E-state index < -0.39 is 16.1 Å². The summed E-state index contributed by atoms with van der Waals surface area (Å²) in [7, 11) is -3.75. The summed E-state index contributed by atoms with van der Waals surface area (Å²) in [5.41, 5.74) is 3.19. The van der Waals surface area contributed by atoms with Crippen LogP contribution in [0.15, 0.2) is 35.2 Å². The number of hydrogen-bond donors (Lipinski definition) is 2. The van der Waals surface area contributed by atoms with Crippen LogP contribution in [0.5, 0.6) is 5.75 Å². The van der Waals surface area contributed by atoms with Gasteiger partial charge in [-0.25, -0.2) is 8.42 Å². The molecule has 25 heavy (non-hydrogen) atoms. The van der Waals surface area contributed by atoms with Gasteiger partial charge in [-0.1, -0.05) is 17.7 Å². The number of carbonyl (C=O) groups is 1. The van der Waals surface area contributed by atoms with Gasteiger partial charge in [0.25, 0.3) is 15.9 Å². The van der Waals surface area contributed by atoms with Crippen molar-refractivity contribution < 1.29 is 17.9 Å². The summed E-state index contributed by atoms with van der Waals surface area (Å²) in [6.45, 7) is 7.13. The van der Waals surface area contributed by atoms with Gasteiger partial charge in [0.05, 0.1) is 16.3 Å². The molecule has 1 unspecified atom stereocenters. The highest BCUT2D eigenvalue weighted by Crippen LogP contribution is 2.33. The van der Waals surface area contributed by atoms with E-state index in [4.69, 9.17) is 4.74 Å². The molecule has 0 saturated heterocycles. The van der Waals surface area contributed by atoms with Crippen LogP contribution in [0.3, 0.4) is 0 Å². The van der Waals surface area contributed by atoms with E-state index in [1.54, 1.807) is 39.0 Å². The van der Waals surface area contributed by atoms with Gasteiger partial charge in [0.2, 0.25) is 0 Å². The van der Waals surface area contributed by atoms with Crippen LogP contribution >= 0.6 is 0 Å². The zero-order valence-electron chi connectivity index (χ0n) is 14.5. The molecule has 7 heteroatoms. The number of ether oxygens (including phenoxy) is 1. The molecule has 6 nitrogen and oxygen atoms in total. The molecule has 2 N–H and O–H groups in total. The molecule has 2 aromatic carbocycles. The average Bonchev–Trinajstić information content (AvgIpc) is 2.46. The minimum atomic E-state index is -3.75. The SMILES string of the molecule is Cc1cc(C)c(S(=O)(=O)Nc2ccc3c(c2)NC(=O)C(C)O3)c(C)c1. The van der Waals surface area contributed by atoms with Crippen LogP contribution in [-0.2, 0) is 14.8 Å². The summed E-state index contributed by atoms with van der Waals surface area (Å²) < 4.78 is 33.7. The largest absolute Gasteiger partial charge is 0.479 e. The topological polar surface area (TPSA) is 84.5 Å². The maximum absolute atomic E-state index is 12.8. The number of hydrogen-bond acceptors (Lipinski definition) is 4. The van der Waals surface area contributed by atoms with Crippen LogP contribution in [-0.4, -0.2) is 20.4 Å². The van der Waals surface area contributed by atoms with Crippen molar-refractivity contribution in [2.45, 2.75) is 38.7 Å². The molecular formula is C18H20N2O4S. The fourth-order valence-corrected chi connectivity index (χ4v) is 4.57. The zero-order chi connectivity index (χ0) is 18.4. The second-order valence-electron chi connectivity index (χ2n) is 6.29. The number of nitrogens with one attached hydrogen (secondary N) is 2. The molecule has 3 rings (SSSR count). The first-order chi connectivity index (χ1) is 11.7. The highest BCUT2D eigenvalue weighted by molar-refractivity contribution is 7.92. The fraction of sp³-hybridized carbons (Fsp3) is 0.278. The zero-order valence-corrected chi connectivity index (χ0v) is 15.3. The third-order valence-corrected chi connectivity index (χ3v) is 5.72. The third kappa shape index (κ3) is 3.32. The lowest BCUT2D eigenvalue weighted by molar-refractivity contribution is -0.122. The molecule has 1 heterocycles. The van der Waals surface area contributed by atoms with Gasteiger partial charge in [0, 0.05) is 0 Å². The first kappa shape index (κ1) is 17.3. The molecule has 0 radical (unpaired) electrons. The second-order valence-corrected chi connectivity index (χ2v) is 7.91. The molecule has 1 amide bonds. The van der Waals surface area contributed by atoms with E-state index in [-0.39, 0.29) is 10.8 Å². The summed E-state index contributed by atoms with van der Waals surface area (Å²) in [5, 5.41) is 2.71. The third-order valence-electron chi connectivity index (χ3n) is 4.04. The van der Waals surface area contributed by atoms with Crippen LogP contribution in [0.25, 0.3) is 0 Å². The van der Waals surface area contributed by atoms with Gasteiger partial charge in [-0.2, -0.15) is 0 Å². The number of anilines is 2. The Morgan fingerprint density at radius 2 is 1.72 bits per heavy atom. The molecule has 0 fully saturated rings. The summed E-state index contributed by atoms with van der Waals surface area (Å²) in [6.07, 6.45) is -0.576. The van der Waals surface area contributed by atoms with Crippen LogP contribution in [0.2, 0.25) is 0 Å². The van der Waals surface area contributed by atoms with Crippen molar-refractivity contribution >= 4 is 27.3 Å². The summed E-state index contributed by atoms with van der Waals surface area (Å²) >= 11 is 0. The minimum Gasteiger partial charge on any atom is -0.479 e. The second kappa shape index (κ2) is 6.07. The Balaban J connectivity index is 1.95. The molecule has 1 aliphatic heterocycles. The van der Waals surface area contributed by atoms with E-state index in [1.807, 2.05) is 19.1 Å². The van der Waals surface area contributed by atoms with Gasteiger partial charge in [0.15, 0.2) is 6.10 Å². The molecule has 0 bridgehead atoms. The fourth-order valence-electron chi connectivity index (χ4n) is 3.07. The van der Waals surface area contributed by atoms with E-state index in [9.17, 15) is 13.2 Å². The molecule has 0 spiro atoms. The Hall–Kier alpha value is -2.54. The first-order valence-electron chi connectivity index (χ1n) is 7.89. The van der Waals surface area contributed by atoms with E-state index >= 15 is 0 Å². The molecule has 0 aromatic heterocycles. The van der Waals surface area contributed by atoms with Gasteiger partial charge in [-0.05, 0) is 57.0 Å². The standard InChI is InChI=1S/C18H20N2O4S/c1-10-7-11(2)17(12(3)8-10)25(22,23)20-14-5-6-16-15(9-14)19-18(21)13(4)24-16/h5-9,13,20H,1-4H3,(H,19,21). The Morgan fingerprint density at radius 3 is 2.36 bits per heavy atom. The van der Waals surface area contributed by atoms with E-state index in [0.29, 0.717) is 28.3 Å². The number of benzene rings is 2. The predicted octanol–water partition coefficient (Wildman–Crippen LogP) is 3.13. The summed E-state index contributed by atoms with van der Waals surface area (Å²) in [4.78, 5) is 12.0. The monoisotopic (exact) mass is 360 g/mol. The number of fused-ring (bicyclic) bond motifs is 1. The lowest BCUT2D eigenvalue weighted by Crippen LogP contribution is -2.34. The van der Waals surface area contributed by atoms with Crippen molar-refractivity contribution in [3.05, 3.63) is 47.0 Å². The van der Waals surface area contributed by atoms with E-state index in [2.05, 4.69) is 10.0 Å². The van der Waals surface area contributed by atoms with Crippen molar-refractivity contribution in [3.63, 3.8) is 0 Å². The van der Waals surface area contributed by atoms with Gasteiger partial charge in [0.1, 0.15) is 5.75 Å². The number of sulfonamides is 1. The van der Waals surface area contributed by atoms with Crippen molar-refractivity contribution in [1.82, 2.24) is 0 Å². The Morgan fingerprint density at radius 1 is 1.08 bits per heavy atom. The molecular weight excluding hydrogens is 340 g/mol. The number of aryl methyl sites for hydroxylation is 3. The highest BCUT2D eigenvalue weighted by Gasteiger charge is 2.25. The highest BCUT2D eigenvalue weighted by atomic mass is 32.2. The Kier molecular flexibility index (Phi) is 4.20. The Labute approximate surface area is 147 Å². The van der Waals surface area contributed by atoms with Crippen molar-refractivity contribution in [3.8, 4) is 5.75 Å². The smallest absolute Gasteiger partial charge is 0.265 e. The van der Waals surface area contributed by atoms with Crippen molar-refractivity contribution in [2.24, 2.45) is 0 Å². The van der Waals surface area contributed by atoms with Crippen LogP contribution < -0.4 is 14.8 Å². The Bertz CT molecular complexity index is 944. The minimum absolute atomic E-state index is 0.266. The van der Waals surface area contributed by atoms with Gasteiger partial charge in [-0.3, -0.25) is 9.52 Å². The van der Waals surface area contributed by atoms with Crippen LogP contribution in [0.1, 0.15) is 23.6 Å². The lowest BCUT2D eigenvalue weighted by atomic mass is 10.1. The first-order valence-corrected chi connectivity index (χ1v) is 9.38. The average molecular weight is 360 g/mol.